The minimum Gasteiger partial charge on any atom is -0.504 e. The minimum absolute atomic E-state index is 0.0282. The molecule has 1 amide bonds. The van der Waals surface area contributed by atoms with Crippen LogP contribution in [0.2, 0.25) is 5.02 Å². The maximum absolute atomic E-state index is 12.5. The number of nitrogens with zero attached hydrogens (tertiary/aromatic N) is 5. The van der Waals surface area contributed by atoms with Crippen LogP contribution in [0.4, 0.5) is 0 Å². The molecule has 0 saturated heterocycles. The first kappa shape index (κ1) is 24.2. The molecule has 9 nitrogen and oxygen atoms in total. The second-order valence-electron chi connectivity index (χ2n) is 7.26. The molecule has 0 saturated carbocycles. The highest BCUT2D eigenvalue weighted by Crippen LogP contribution is 2.29. The van der Waals surface area contributed by atoms with Crippen molar-refractivity contribution in [3.63, 3.8) is 0 Å². The summed E-state index contributed by atoms with van der Waals surface area (Å²) in [5.41, 5.74) is 5.46. The molecule has 0 fully saturated rings. The van der Waals surface area contributed by atoms with Crippen molar-refractivity contribution in [2.75, 3.05) is 12.9 Å². The number of phenolic OH excluding ortho intramolecular Hbond substituents is 1. The van der Waals surface area contributed by atoms with Gasteiger partial charge in [0.25, 0.3) is 5.91 Å². The number of ether oxygens (including phenoxy) is 1. The molecule has 0 aliphatic heterocycles. The van der Waals surface area contributed by atoms with Gasteiger partial charge < -0.3 is 9.84 Å². The van der Waals surface area contributed by atoms with Gasteiger partial charge in [-0.05, 0) is 61.5 Å². The van der Waals surface area contributed by atoms with Gasteiger partial charge in [0.1, 0.15) is 0 Å². The maximum atomic E-state index is 12.5. The second kappa shape index (κ2) is 11.0. The molecule has 2 heterocycles. The van der Waals surface area contributed by atoms with Crippen LogP contribution < -0.4 is 10.2 Å². The Bertz CT molecular complexity index is 1360. The van der Waals surface area contributed by atoms with Gasteiger partial charge in [-0.3, -0.25) is 14.3 Å². The van der Waals surface area contributed by atoms with Gasteiger partial charge >= 0.3 is 0 Å². The third-order valence-corrected chi connectivity index (χ3v) is 6.12. The van der Waals surface area contributed by atoms with E-state index in [-0.39, 0.29) is 17.4 Å². The summed E-state index contributed by atoms with van der Waals surface area (Å²) in [7, 11) is 1.47. The molecule has 0 atom stereocenters. The number of rotatable bonds is 8. The van der Waals surface area contributed by atoms with E-state index in [4.69, 9.17) is 16.3 Å². The van der Waals surface area contributed by atoms with Crippen LogP contribution in [-0.2, 0) is 4.79 Å². The van der Waals surface area contributed by atoms with Crippen molar-refractivity contribution in [1.29, 1.82) is 0 Å². The van der Waals surface area contributed by atoms with Crippen molar-refractivity contribution in [3.05, 3.63) is 77.6 Å². The zero-order valence-corrected chi connectivity index (χ0v) is 20.4. The monoisotopic (exact) mass is 508 g/mol. The molecule has 0 radical (unpaired) electrons. The Morgan fingerprint density at radius 3 is 2.60 bits per heavy atom. The second-order valence-corrected chi connectivity index (χ2v) is 8.64. The molecule has 2 N–H and O–H groups in total. The van der Waals surface area contributed by atoms with E-state index in [0.717, 1.165) is 11.3 Å². The lowest BCUT2D eigenvalue weighted by molar-refractivity contribution is -0.118. The summed E-state index contributed by atoms with van der Waals surface area (Å²) in [6.07, 6.45) is 3.36. The van der Waals surface area contributed by atoms with E-state index in [1.807, 2.05) is 28.8 Å². The van der Waals surface area contributed by atoms with E-state index in [1.165, 1.54) is 24.9 Å². The lowest BCUT2D eigenvalue weighted by Crippen LogP contribution is -2.21. The number of nitrogens with one attached hydrogen (secondary N) is 1. The number of hydrogen-bond acceptors (Lipinski definition) is 8. The molecule has 4 aromatic rings. The largest absolute Gasteiger partial charge is 0.504 e. The smallest absolute Gasteiger partial charge is 0.250 e. The number of methoxy groups -OCH3 is 1. The molecule has 178 valence electrons. The third kappa shape index (κ3) is 5.79. The van der Waals surface area contributed by atoms with E-state index >= 15 is 0 Å². The highest BCUT2D eigenvalue weighted by Gasteiger charge is 2.17. The zero-order chi connectivity index (χ0) is 24.8. The number of halogens is 1. The number of aromatic nitrogens is 4. The molecular weight excluding hydrogens is 488 g/mol. The van der Waals surface area contributed by atoms with Gasteiger partial charge in [0.15, 0.2) is 22.5 Å². The number of amides is 1. The molecule has 35 heavy (non-hydrogen) atoms. The van der Waals surface area contributed by atoms with Crippen molar-refractivity contribution in [2.24, 2.45) is 5.10 Å². The summed E-state index contributed by atoms with van der Waals surface area (Å²) < 4.78 is 6.98. The maximum Gasteiger partial charge on any atom is 0.250 e. The van der Waals surface area contributed by atoms with Crippen molar-refractivity contribution in [2.45, 2.75) is 12.1 Å². The van der Waals surface area contributed by atoms with E-state index < -0.39 is 0 Å². The summed E-state index contributed by atoms with van der Waals surface area (Å²) >= 11 is 7.29. The molecule has 0 unspecified atom stereocenters. The lowest BCUT2D eigenvalue weighted by Gasteiger charge is -2.10. The number of hydrazone groups is 1. The number of pyridine rings is 1. The molecule has 0 aliphatic carbocycles. The number of hydrogen-bond donors (Lipinski definition) is 2. The highest BCUT2D eigenvalue weighted by atomic mass is 35.5. The first-order valence-corrected chi connectivity index (χ1v) is 11.8. The van der Waals surface area contributed by atoms with Crippen molar-refractivity contribution in [3.8, 4) is 28.6 Å². The Kier molecular flexibility index (Phi) is 7.64. The Labute approximate surface area is 210 Å². The third-order valence-electron chi connectivity index (χ3n) is 4.93. The molecule has 2 aromatic carbocycles. The first-order valence-electron chi connectivity index (χ1n) is 10.4. The Morgan fingerprint density at radius 1 is 1.14 bits per heavy atom. The number of carbonyl (C=O) groups excluding carboxylic acids is 1. The van der Waals surface area contributed by atoms with Gasteiger partial charge in [-0.1, -0.05) is 23.4 Å². The van der Waals surface area contributed by atoms with Crippen LogP contribution in [0, 0.1) is 0 Å². The van der Waals surface area contributed by atoms with Gasteiger partial charge in [-0.25, -0.2) is 5.43 Å². The average molecular weight is 509 g/mol. The van der Waals surface area contributed by atoms with Crippen LogP contribution in [0.5, 0.6) is 11.5 Å². The topological polar surface area (TPSA) is 115 Å². The molecule has 4 rings (SSSR count). The summed E-state index contributed by atoms with van der Waals surface area (Å²) in [6, 6.07) is 15.8. The van der Waals surface area contributed by atoms with Crippen LogP contribution in [0.1, 0.15) is 12.5 Å². The predicted octanol–water partition coefficient (Wildman–Crippen LogP) is 4.33. The quantitative estimate of drug-likeness (QED) is 0.207. The van der Waals surface area contributed by atoms with Crippen LogP contribution in [-0.4, -0.2) is 49.3 Å². The van der Waals surface area contributed by atoms with E-state index in [1.54, 1.807) is 43.6 Å². The van der Waals surface area contributed by atoms with Gasteiger partial charge in [0.05, 0.1) is 18.6 Å². The van der Waals surface area contributed by atoms with Gasteiger partial charge in [-0.15, -0.1) is 10.2 Å². The van der Waals surface area contributed by atoms with Crippen LogP contribution in [0.25, 0.3) is 17.1 Å². The fourth-order valence-corrected chi connectivity index (χ4v) is 4.02. The summed E-state index contributed by atoms with van der Waals surface area (Å²) in [4.78, 5) is 16.6. The SMILES string of the molecule is COc1cc(/C(C)=N/NC(=O)CSc2nnc(-c3ccncc3)n2-c2ccc(Cl)cc2)ccc1O. The fourth-order valence-electron chi connectivity index (χ4n) is 3.15. The van der Waals surface area contributed by atoms with E-state index in [0.29, 0.717) is 33.0 Å². The average Bonchev–Trinajstić information content (AvgIpc) is 3.31. The standard InChI is InChI=1S/C24H21ClN6O3S/c1-15(17-3-8-20(32)21(13-17)34-2)27-28-22(33)14-35-24-30-29-23(16-9-11-26-12-10-16)31(24)19-6-4-18(25)5-7-19/h3-13,32H,14H2,1-2H3,(H,28,33)/b27-15+. The molecule has 11 heteroatoms. The summed E-state index contributed by atoms with van der Waals surface area (Å²) in [5.74, 6) is 0.729. The van der Waals surface area contributed by atoms with Gasteiger partial charge in [0.2, 0.25) is 0 Å². The molecule has 0 spiro atoms. The Morgan fingerprint density at radius 2 is 1.89 bits per heavy atom. The predicted molar refractivity (Wildman–Crippen MR) is 135 cm³/mol. The Balaban J connectivity index is 1.50. The molecule has 0 bridgehead atoms. The van der Waals surface area contributed by atoms with Crippen molar-refractivity contribution >= 4 is 35.0 Å². The highest BCUT2D eigenvalue weighted by molar-refractivity contribution is 7.99. The number of benzene rings is 2. The van der Waals surface area contributed by atoms with Gasteiger partial charge in [-0.2, -0.15) is 5.10 Å². The number of thioether (sulfide) groups is 1. The van der Waals surface area contributed by atoms with Gasteiger partial charge in [0, 0.05) is 34.2 Å². The van der Waals surface area contributed by atoms with Crippen molar-refractivity contribution < 1.29 is 14.6 Å². The number of aromatic hydroxyl groups is 1. The van der Waals surface area contributed by atoms with Crippen LogP contribution in [0.3, 0.4) is 0 Å². The first-order chi connectivity index (χ1) is 17.0. The lowest BCUT2D eigenvalue weighted by atomic mass is 10.1. The normalized spacial score (nSPS) is 11.3. The molecular formula is C24H21ClN6O3S. The minimum atomic E-state index is -0.309. The van der Waals surface area contributed by atoms with E-state index in [9.17, 15) is 9.90 Å². The Hall–Kier alpha value is -3.89. The fraction of sp³-hybridized carbons (Fsp3) is 0.125. The van der Waals surface area contributed by atoms with E-state index in [2.05, 4.69) is 25.7 Å². The summed E-state index contributed by atoms with van der Waals surface area (Å²) in [5, 5.41) is 23.7. The molecule has 0 aliphatic rings. The van der Waals surface area contributed by atoms with Crippen molar-refractivity contribution in [1.82, 2.24) is 25.2 Å². The number of carbonyl (C=O) groups is 1. The zero-order valence-electron chi connectivity index (χ0n) is 18.8. The van der Waals surface area contributed by atoms with Crippen LogP contribution in [0.15, 0.2) is 77.2 Å². The van der Waals surface area contributed by atoms with Crippen LogP contribution >= 0.6 is 23.4 Å². The molecule has 2 aromatic heterocycles. The number of phenols is 1. The summed E-state index contributed by atoms with van der Waals surface area (Å²) in [6.45, 7) is 1.75.